The summed E-state index contributed by atoms with van der Waals surface area (Å²) in [5, 5.41) is 7.01. The Balaban J connectivity index is 1.52. The van der Waals surface area contributed by atoms with Crippen molar-refractivity contribution in [2.24, 2.45) is 0 Å². The molecular formula is C24H23BrN4OS. The summed E-state index contributed by atoms with van der Waals surface area (Å²) in [4.78, 5) is 12.7. The van der Waals surface area contributed by atoms with E-state index in [1.54, 1.807) is 17.7 Å². The van der Waals surface area contributed by atoms with Gasteiger partial charge in [-0.25, -0.2) is 9.97 Å². The minimum Gasteiger partial charge on any atom is -0.379 e. The van der Waals surface area contributed by atoms with Gasteiger partial charge in [0.25, 0.3) is 0 Å². The molecule has 0 bridgehead atoms. The van der Waals surface area contributed by atoms with Crippen LogP contribution in [0.1, 0.15) is 11.6 Å². The smallest absolute Gasteiger partial charge is 0.139 e. The zero-order chi connectivity index (χ0) is 21.0. The molecule has 1 saturated heterocycles. The molecule has 158 valence electrons. The topological polar surface area (TPSA) is 50.3 Å². The van der Waals surface area contributed by atoms with Gasteiger partial charge in [-0.2, -0.15) is 0 Å². The lowest BCUT2D eigenvalue weighted by Gasteiger charge is -2.31. The minimum absolute atomic E-state index is 0.120. The largest absolute Gasteiger partial charge is 0.379 e. The Kier molecular flexibility index (Phi) is 6.27. The van der Waals surface area contributed by atoms with E-state index in [9.17, 15) is 0 Å². The van der Waals surface area contributed by atoms with Crippen molar-refractivity contribution in [3.8, 4) is 11.1 Å². The van der Waals surface area contributed by atoms with E-state index in [-0.39, 0.29) is 6.04 Å². The lowest BCUT2D eigenvalue weighted by Crippen LogP contribution is -2.40. The third-order valence-corrected chi connectivity index (χ3v) is 7.00. The number of anilines is 1. The van der Waals surface area contributed by atoms with E-state index >= 15 is 0 Å². The van der Waals surface area contributed by atoms with Crippen LogP contribution in [-0.4, -0.2) is 47.7 Å². The number of morpholine rings is 1. The second-order valence-corrected chi connectivity index (χ2v) is 9.35. The van der Waals surface area contributed by atoms with E-state index < -0.39 is 0 Å². The molecule has 1 aliphatic heterocycles. The van der Waals surface area contributed by atoms with Crippen molar-refractivity contribution < 1.29 is 4.74 Å². The Morgan fingerprint density at radius 3 is 2.58 bits per heavy atom. The van der Waals surface area contributed by atoms with Gasteiger partial charge in [-0.15, -0.1) is 11.3 Å². The van der Waals surface area contributed by atoms with Crippen LogP contribution in [0.25, 0.3) is 21.3 Å². The second-order valence-electron chi connectivity index (χ2n) is 7.58. The maximum Gasteiger partial charge on any atom is 0.139 e. The average molecular weight is 495 g/mol. The zero-order valence-corrected chi connectivity index (χ0v) is 19.4. The molecule has 5 nitrogen and oxygen atoms in total. The van der Waals surface area contributed by atoms with Gasteiger partial charge in [0.1, 0.15) is 17.0 Å². The fourth-order valence-electron chi connectivity index (χ4n) is 3.95. The van der Waals surface area contributed by atoms with Crippen LogP contribution in [0.2, 0.25) is 0 Å². The van der Waals surface area contributed by atoms with Crippen LogP contribution in [0, 0.1) is 0 Å². The summed E-state index contributed by atoms with van der Waals surface area (Å²) < 4.78 is 6.61. The number of benzene rings is 2. The zero-order valence-electron chi connectivity index (χ0n) is 17.0. The maximum absolute atomic E-state index is 5.54. The number of rotatable bonds is 6. The lowest BCUT2D eigenvalue weighted by atomic mass is 10.0. The molecule has 0 amide bonds. The van der Waals surface area contributed by atoms with Crippen molar-refractivity contribution in [3.05, 3.63) is 76.3 Å². The van der Waals surface area contributed by atoms with Crippen LogP contribution in [0.3, 0.4) is 0 Å². The molecule has 7 heteroatoms. The van der Waals surface area contributed by atoms with Crippen molar-refractivity contribution in [1.82, 2.24) is 14.9 Å². The molecule has 1 aliphatic rings. The molecule has 4 aromatic rings. The van der Waals surface area contributed by atoms with Crippen molar-refractivity contribution in [3.63, 3.8) is 0 Å². The lowest BCUT2D eigenvalue weighted by molar-refractivity contribution is 0.0361. The Morgan fingerprint density at radius 1 is 1.03 bits per heavy atom. The first-order chi connectivity index (χ1) is 15.3. The van der Waals surface area contributed by atoms with Gasteiger partial charge in [0, 0.05) is 35.1 Å². The number of hydrogen-bond donors (Lipinski definition) is 1. The van der Waals surface area contributed by atoms with Gasteiger partial charge < -0.3 is 10.1 Å². The number of fused-ring (bicyclic) bond motifs is 1. The van der Waals surface area contributed by atoms with E-state index in [1.807, 2.05) is 0 Å². The molecule has 1 fully saturated rings. The number of hydrogen-bond acceptors (Lipinski definition) is 6. The fourth-order valence-corrected chi connectivity index (χ4v) is 5.13. The summed E-state index contributed by atoms with van der Waals surface area (Å²) >= 11 is 5.19. The summed E-state index contributed by atoms with van der Waals surface area (Å²) in [7, 11) is 0. The number of nitrogens with zero attached hydrogens (tertiary/aromatic N) is 3. The van der Waals surface area contributed by atoms with E-state index in [4.69, 9.17) is 4.74 Å². The summed E-state index contributed by atoms with van der Waals surface area (Å²) in [5.74, 6) is 0.881. The molecule has 0 spiro atoms. The number of thiophene rings is 1. The highest BCUT2D eigenvalue weighted by atomic mass is 79.9. The maximum atomic E-state index is 5.54. The van der Waals surface area contributed by atoms with Crippen LogP contribution in [-0.2, 0) is 4.74 Å². The van der Waals surface area contributed by atoms with Crippen LogP contribution < -0.4 is 5.32 Å². The van der Waals surface area contributed by atoms with E-state index in [2.05, 4.69) is 96.1 Å². The highest BCUT2D eigenvalue weighted by Crippen LogP contribution is 2.38. The van der Waals surface area contributed by atoms with Crippen molar-refractivity contribution in [2.45, 2.75) is 6.04 Å². The highest BCUT2D eigenvalue weighted by molar-refractivity contribution is 9.10. The number of halogens is 1. The van der Waals surface area contributed by atoms with Gasteiger partial charge in [0.05, 0.1) is 24.6 Å². The highest BCUT2D eigenvalue weighted by Gasteiger charge is 2.21. The fraction of sp³-hybridized carbons (Fsp3) is 0.250. The molecule has 0 saturated carbocycles. The van der Waals surface area contributed by atoms with E-state index in [0.717, 1.165) is 64.5 Å². The molecule has 31 heavy (non-hydrogen) atoms. The predicted molar refractivity (Wildman–Crippen MR) is 131 cm³/mol. The van der Waals surface area contributed by atoms with Crippen LogP contribution in [0.4, 0.5) is 5.82 Å². The minimum atomic E-state index is 0.120. The van der Waals surface area contributed by atoms with Gasteiger partial charge in [0.2, 0.25) is 0 Å². The Labute approximate surface area is 194 Å². The summed E-state index contributed by atoms with van der Waals surface area (Å²) in [6.45, 7) is 4.38. The molecule has 2 aromatic heterocycles. The molecular weight excluding hydrogens is 472 g/mol. The molecule has 2 aromatic carbocycles. The van der Waals surface area contributed by atoms with Crippen LogP contribution in [0.15, 0.2) is 70.8 Å². The van der Waals surface area contributed by atoms with Crippen molar-refractivity contribution in [2.75, 3.05) is 38.2 Å². The standard InChI is InChI=1S/C24H23BrN4OS/c25-19-8-6-17(7-9-19)20-15-31-24-22(20)23(26-16-27-24)28-21(18-4-2-1-3-5-18)14-29-10-12-30-13-11-29/h1-9,15-16,21H,10-14H2,(H,26,27,28). The van der Waals surface area contributed by atoms with E-state index in [1.165, 1.54) is 5.56 Å². The second kappa shape index (κ2) is 9.44. The van der Waals surface area contributed by atoms with Gasteiger partial charge in [-0.1, -0.05) is 58.4 Å². The first kappa shape index (κ1) is 20.6. The van der Waals surface area contributed by atoms with Crippen LogP contribution >= 0.6 is 27.3 Å². The molecule has 1 N–H and O–H groups in total. The summed E-state index contributed by atoms with van der Waals surface area (Å²) in [5.41, 5.74) is 3.58. The molecule has 5 rings (SSSR count). The summed E-state index contributed by atoms with van der Waals surface area (Å²) in [6.07, 6.45) is 1.66. The van der Waals surface area contributed by atoms with Crippen molar-refractivity contribution >= 4 is 43.3 Å². The normalized spacial score (nSPS) is 15.8. The average Bonchev–Trinajstić information content (AvgIpc) is 3.26. The number of aromatic nitrogens is 2. The first-order valence-electron chi connectivity index (χ1n) is 10.4. The quantitative estimate of drug-likeness (QED) is 0.377. The SMILES string of the molecule is Brc1ccc(-c2csc3ncnc(NC(CN4CCOCC4)c4ccccc4)c23)cc1. The molecule has 1 atom stereocenters. The van der Waals surface area contributed by atoms with Gasteiger partial charge in [-0.05, 0) is 23.3 Å². The van der Waals surface area contributed by atoms with Gasteiger partial charge in [0.15, 0.2) is 0 Å². The van der Waals surface area contributed by atoms with Gasteiger partial charge >= 0.3 is 0 Å². The Bertz CT molecular complexity index is 1140. The predicted octanol–water partition coefficient (Wildman–Crippen LogP) is 5.61. The first-order valence-corrected chi connectivity index (χ1v) is 12.0. The monoisotopic (exact) mass is 494 g/mol. The molecule has 3 heterocycles. The van der Waals surface area contributed by atoms with Crippen molar-refractivity contribution in [1.29, 1.82) is 0 Å². The molecule has 1 unspecified atom stereocenters. The Morgan fingerprint density at radius 2 is 1.81 bits per heavy atom. The Hall–Kier alpha value is -2.32. The molecule has 0 aliphatic carbocycles. The van der Waals surface area contributed by atoms with Gasteiger partial charge in [-0.3, -0.25) is 4.90 Å². The summed E-state index contributed by atoms with van der Waals surface area (Å²) in [6, 6.07) is 19.1. The third-order valence-electron chi connectivity index (χ3n) is 5.58. The third kappa shape index (κ3) is 4.65. The number of ether oxygens (including phenoxy) is 1. The van der Waals surface area contributed by atoms with E-state index in [0.29, 0.717) is 0 Å². The molecule has 0 radical (unpaired) electrons. The number of nitrogens with one attached hydrogen (secondary N) is 1. The van der Waals surface area contributed by atoms with Crippen LogP contribution in [0.5, 0.6) is 0 Å².